The largest absolute Gasteiger partial charge is 0.478 e. The van der Waals surface area contributed by atoms with Crippen LogP contribution in [0.15, 0.2) is 27.9 Å². The summed E-state index contributed by atoms with van der Waals surface area (Å²) in [5.74, 6) is -1.17. The molecule has 0 amide bonds. The molecule has 6 nitrogen and oxygen atoms in total. The Hall–Kier alpha value is -2.11. The maximum atomic E-state index is 11.3. The van der Waals surface area contributed by atoms with E-state index in [9.17, 15) is 14.4 Å². The first-order chi connectivity index (χ1) is 7.45. The Morgan fingerprint density at radius 2 is 2.19 bits per heavy atom. The number of aromatic amines is 1. The van der Waals surface area contributed by atoms with Gasteiger partial charge in [0.1, 0.15) is 0 Å². The number of rotatable bonds is 4. The SMILES string of the molecule is C=C(Cn1cc(CC)c(=O)[nH]c1=O)C(=O)O. The maximum Gasteiger partial charge on any atom is 0.332 e. The Morgan fingerprint density at radius 1 is 1.56 bits per heavy atom. The van der Waals surface area contributed by atoms with Crippen molar-refractivity contribution in [3.63, 3.8) is 0 Å². The van der Waals surface area contributed by atoms with Crippen LogP contribution in [0.1, 0.15) is 12.5 Å². The second-order valence-corrected chi connectivity index (χ2v) is 3.30. The predicted octanol–water partition coefficient (Wildman–Crippen LogP) is -0.260. The van der Waals surface area contributed by atoms with E-state index in [0.717, 1.165) is 4.57 Å². The normalized spacial score (nSPS) is 10.1. The third kappa shape index (κ3) is 2.47. The van der Waals surface area contributed by atoms with Crippen molar-refractivity contribution >= 4 is 5.97 Å². The summed E-state index contributed by atoms with van der Waals surface area (Å²) >= 11 is 0. The summed E-state index contributed by atoms with van der Waals surface area (Å²) in [6.45, 7) is 4.95. The zero-order valence-corrected chi connectivity index (χ0v) is 8.82. The molecule has 1 aromatic heterocycles. The van der Waals surface area contributed by atoms with E-state index >= 15 is 0 Å². The molecular weight excluding hydrogens is 212 g/mol. The van der Waals surface area contributed by atoms with Crippen LogP contribution in [0.5, 0.6) is 0 Å². The van der Waals surface area contributed by atoms with Crippen LogP contribution in [0.25, 0.3) is 0 Å². The lowest BCUT2D eigenvalue weighted by Crippen LogP contribution is -2.32. The Kier molecular flexibility index (Phi) is 3.44. The standard InChI is InChI=1S/C10H12N2O4/c1-3-7-5-12(4-6(2)9(14)15)10(16)11-8(7)13/h5H,2-4H2,1H3,(H,14,15)(H,11,13,16). The molecule has 16 heavy (non-hydrogen) atoms. The fraction of sp³-hybridized carbons (Fsp3) is 0.300. The summed E-state index contributed by atoms with van der Waals surface area (Å²) in [5.41, 5.74) is -0.761. The number of nitrogens with one attached hydrogen (secondary N) is 1. The number of aryl methyl sites for hydroxylation is 1. The van der Waals surface area contributed by atoms with E-state index in [1.807, 2.05) is 0 Å². The Balaban J connectivity index is 3.15. The molecule has 1 aromatic rings. The average molecular weight is 224 g/mol. The minimum absolute atomic E-state index is 0.115. The van der Waals surface area contributed by atoms with Crippen LogP contribution in [-0.4, -0.2) is 20.6 Å². The number of carbonyl (C=O) groups is 1. The Bertz CT molecular complexity index is 538. The van der Waals surface area contributed by atoms with Crippen LogP contribution < -0.4 is 11.2 Å². The molecule has 1 heterocycles. The molecule has 0 saturated carbocycles. The first-order valence-corrected chi connectivity index (χ1v) is 4.69. The Labute approximate surface area is 90.9 Å². The van der Waals surface area contributed by atoms with Crippen LogP contribution in [0, 0.1) is 0 Å². The summed E-state index contributed by atoms with van der Waals surface area (Å²) in [6.07, 6.45) is 1.82. The minimum atomic E-state index is -1.17. The first-order valence-electron chi connectivity index (χ1n) is 4.69. The van der Waals surface area contributed by atoms with Crippen molar-refractivity contribution in [2.75, 3.05) is 0 Å². The third-order valence-corrected chi connectivity index (χ3v) is 2.13. The molecular formula is C10H12N2O4. The summed E-state index contributed by atoms with van der Waals surface area (Å²) in [7, 11) is 0. The molecule has 0 radical (unpaired) electrons. The molecule has 0 atom stereocenters. The highest BCUT2D eigenvalue weighted by Gasteiger charge is 2.08. The van der Waals surface area contributed by atoms with Crippen molar-refractivity contribution in [2.24, 2.45) is 0 Å². The van der Waals surface area contributed by atoms with Crippen molar-refractivity contribution in [1.29, 1.82) is 0 Å². The second kappa shape index (κ2) is 4.61. The number of H-pyrrole nitrogens is 1. The van der Waals surface area contributed by atoms with E-state index in [1.165, 1.54) is 6.20 Å². The maximum absolute atomic E-state index is 11.3. The molecule has 0 bridgehead atoms. The number of carboxylic acid groups (broad SMARTS) is 1. The molecule has 2 N–H and O–H groups in total. The molecule has 86 valence electrons. The quantitative estimate of drug-likeness (QED) is 0.689. The van der Waals surface area contributed by atoms with Crippen molar-refractivity contribution in [2.45, 2.75) is 19.9 Å². The van der Waals surface area contributed by atoms with Gasteiger partial charge in [0.25, 0.3) is 5.56 Å². The minimum Gasteiger partial charge on any atom is -0.478 e. The highest BCUT2D eigenvalue weighted by atomic mass is 16.4. The van der Waals surface area contributed by atoms with Gasteiger partial charge in [-0.2, -0.15) is 0 Å². The number of aromatic nitrogens is 2. The summed E-state index contributed by atoms with van der Waals surface area (Å²) in [4.78, 5) is 35.2. The predicted molar refractivity (Wildman–Crippen MR) is 57.5 cm³/mol. The molecule has 0 aromatic carbocycles. The molecule has 6 heteroatoms. The lowest BCUT2D eigenvalue weighted by Gasteiger charge is -2.06. The highest BCUT2D eigenvalue weighted by Crippen LogP contribution is 1.96. The fourth-order valence-electron chi connectivity index (χ4n) is 1.20. The average Bonchev–Trinajstić information content (AvgIpc) is 2.21. The van der Waals surface area contributed by atoms with Gasteiger partial charge in [0.05, 0.1) is 6.54 Å². The van der Waals surface area contributed by atoms with Crippen LogP contribution in [0.2, 0.25) is 0 Å². The van der Waals surface area contributed by atoms with E-state index in [2.05, 4.69) is 11.6 Å². The number of hydrogen-bond donors (Lipinski definition) is 2. The summed E-state index contributed by atoms with van der Waals surface area (Å²) in [5, 5.41) is 8.63. The van der Waals surface area contributed by atoms with Crippen molar-refractivity contribution < 1.29 is 9.90 Å². The zero-order valence-electron chi connectivity index (χ0n) is 8.82. The van der Waals surface area contributed by atoms with Gasteiger partial charge < -0.3 is 5.11 Å². The van der Waals surface area contributed by atoms with Crippen molar-refractivity contribution in [3.8, 4) is 0 Å². The van der Waals surface area contributed by atoms with Gasteiger partial charge in [0.2, 0.25) is 0 Å². The summed E-state index contributed by atoms with van der Waals surface area (Å²) < 4.78 is 1.12. The molecule has 0 aliphatic rings. The van der Waals surface area contributed by atoms with Gasteiger partial charge in [-0.3, -0.25) is 14.3 Å². The number of nitrogens with zero attached hydrogens (tertiary/aromatic N) is 1. The van der Waals surface area contributed by atoms with Gasteiger partial charge in [-0.15, -0.1) is 0 Å². The fourth-order valence-corrected chi connectivity index (χ4v) is 1.20. The Morgan fingerprint density at radius 3 is 2.69 bits per heavy atom. The van der Waals surface area contributed by atoms with Gasteiger partial charge >= 0.3 is 11.7 Å². The zero-order chi connectivity index (χ0) is 12.3. The van der Waals surface area contributed by atoms with Gasteiger partial charge in [0.15, 0.2) is 0 Å². The lowest BCUT2D eigenvalue weighted by molar-refractivity contribution is -0.132. The summed E-state index contributed by atoms with van der Waals surface area (Å²) in [6, 6.07) is 0. The van der Waals surface area contributed by atoms with Gasteiger partial charge in [-0.25, -0.2) is 9.59 Å². The monoisotopic (exact) mass is 224 g/mol. The van der Waals surface area contributed by atoms with Crippen molar-refractivity contribution in [1.82, 2.24) is 9.55 Å². The number of aliphatic carboxylic acids is 1. The van der Waals surface area contributed by atoms with Crippen LogP contribution >= 0.6 is 0 Å². The van der Waals surface area contributed by atoms with Gasteiger partial charge in [-0.05, 0) is 6.42 Å². The van der Waals surface area contributed by atoms with Gasteiger partial charge in [-0.1, -0.05) is 13.5 Å². The second-order valence-electron chi connectivity index (χ2n) is 3.30. The van der Waals surface area contributed by atoms with Crippen LogP contribution in [0.3, 0.4) is 0 Å². The smallest absolute Gasteiger partial charge is 0.332 e. The molecule has 0 aliphatic heterocycles. The molecule has 0 fully saturated rings. The van der Waals surface area contributed by atoms with E-state index in [0.29, 0.717) is 12.0 Å². The number of hydrogen-bond acceptors (Lipinski definition) is 3. The van der Waals surface area contributed by atoms with E-state index in [1.54, 1.807) is 6.92 Å². The van der Waals surface area contributed by atoms with Crippen LogP contribution in [0.4, 0.5) is 0 Å². The molecule has 0 spiro atoms. The molecule has 0 unspecified atom stereocenters. The van der Waals surface area contributed by atoms with Gasteiger partial charge in [0, 0.05) is 17.3 Å². The first kappa shape index (κ1) is 12.0. The van der Waals surface area contributed by atoms with E-state index < -0.39 is 17.2 Å². The van der Waals surface area contributed by atoms with E-state index in [-0.39, 0.29) is 12.1 Å². The lowest BCUT2D eigenvalue weighted by atomic mass is 10.2. The third-order valence-electron chi connectivity index (χ3n) is 2.13. The molecule has 0 aliphatic carbocycles. The number of carboxylic acids is 1. The molecule has 1 rings (SSSR count). The van der Waals surface area contributed by atoms with Crippen molar-refractivity contribution in [3.05, 3.63) is 44.8 Å². The highest BCUT2D eigenvalue weighted by molar-refractivity contribution is 5.85. The molecule has 0 saturated heterocycles. The van der Waals surface area contributed by atoms with E-state index in [4.69, 9.17) is 5.11 Å². The topological polar surface area (TPSA) is 92.2 Å². The van der Waals surface area contributed by atoms with Crippen LogP contribution in [-0.2, 0) is 17.8 Å².